The minimum Gasteiger partial charge on any atom is -0.467 e. The third-order valence-electron chi connectivity index (χ3n) is 4.64. The Bertz CT molecular complexity index is 788. The second-order valence-electron chi connectivity index (χ2n) is 7.58. The van der Waals surface area contributed by atoms with Crippen LogP contribution >= 0.6 is 11.6 Å². The number of benzene rings is 1. The number of carbonyl (C=O) groups excluding carboxylic acids is 3. The van der Waals surface area contributed by atoms with Crippen molar-refractivity contribution in [3.63, 3.8) is 0 Å². The summed E-state index contributed by atoms with van der Waals surface area (Å²) >= 11 is 6.11. The van der Waals surface area contributed by atoms with Crippen molar-refractivity contribution in [3.05, 3.63) is 28.8 Å². The second kappa shape index (κ2) is 6.16. The quantitative estimate of drug-likeness (QED) is 0.757. The number of carbonyl (C=O) groups is 3. The largest absolute Gasteiger partial charge is 0.467 e. The molecular formula is C18H21ClN2O5. The summed E-state index contributed by atoms with van der Waals surface area (Å²) in [5.74, 6) is -0.856. The van der Waals surface area contributed by atoms with E-state index in [9.17, 15) is 14.4 Å². The summed E-state index contributed by atoms with van der Waals surface area (Å²) in [5, 5.41) is 3.29. The smallest absolute Gasteiger partial charge is 0.411 e. The molecule has 140 valence electrons. The van der Waals surface area contributed by atoms with Crippen molar-refractivity contribution in [2.24, 2.45) is 0 Å². The first-order valence-corrected chi connectivity index (χ1v) is 8.64. The van der Waals surface area contributed by atoms with E-state index in [1.54, 1.807) is 39.0 Å². The van der Waals surface area contributed by atoms with Gasteiger partial charge in [-0.3, -0.25) is 9.69 Å². The minimum absolute atomic E-state index is 0.0147. The van der Waals surface area contributed by atoms with Crippen molar-refractivity contribution in [2.45, 2.75) is 44.2 Å². The lowest BCUT2D eigenvalue weighted by Gasteiger charge is -2.27. The number of methoxy groups -OCH3 is 1. The van der Waals surface area contributed by atoms with Gasteiger partial charge in [-0.05, 0) is 51.0 Å². The van der Waals surface area contributed by atoms with Crippen molar-refractivity contribution >= 4 is 35.3 Å². The number of anilines is 1. The van der Waals surface area contributed by atoms with Crippen molar-refractivity contribution < 1.29 is 23.9 Å². The number of hydrogen-bond donors (Lipinski definition) is 1. The number of nitrogens with one attached hydrogen (secondary N) is 1. The molecule has 2 aliphatic rings. The van der Waals surface area contributed by atoms with Crippen LogP contribution < -0.4 is 5.32 Å². The van der Waals surface area contributed by atoms with Crippen LogP contribution in [-0.4, -0.2) is 48.2 Å². The fourth-order valence-corrected chi connectivity index (χ4v) is 3.68. The average Bonchev–Trinajstić information content (AvgIpc) is 3.06. The Hall–Kier alpha value is -2.28. The minimum atomic E-state index is -1.06. The van der Waals surface area contributed by atoms with E-state index >= 15 is 0 Å². The van der Waals surface area contributed by atoms with E-state index in [0.717, 1.165) is 0 Å². The topological polar surface area (TPSA) is 84.9 Å². The molecule has 1 aromatic rings. The Morgan fingerprint density at radius 2 is 2.04 bits per heavy atom. The lowest BCUT2D eigenvalue weighted by atomic mass is 9.79. The lowest BCUT2D eigenvalue weighted by molar-refractivity contribution is -0.145. The molecule has 1 aromatic carbocycles. The number of esters is 1. The van der Waals surface area contributed by atoms with Gasteiger partial charge in [0.1, 0.15) is 11.6 Å². The van der Waals surface area contributed by atoms with Crippen molar-refractivity contribution in [2.75, 3.05) is 19.0 Å². The number of hydrogen-bond acceptors (Lipinski definition) is 5. The van der Waals surface area contributed by atoms with Crippen LogP contribution in [0.2, 0.25) is 5.02 Å². The number of rotatable bonds is 1. The van der Waals surface area contributed by atoms with Gasteiger partial charge in [0.15, 0.2) is 0 Å². The molecule has 3 rings (SSSR count). The molecule has 0 bridgehead atoms. The fraction of sp³-hybridized carbons (Fsp3) is 0.500. The zero-order valence-electron chi connectivity index (χ0n) is 15.1. The molecule has 0 aromatic heterocycles. The van der Waals surface area contributed by atoms with Gasteiger partial charge >= 0.3 is 12.1 Å². The lowest BCUT2D eigenvalue weighted by Crippen LogP contribution is -2.44. The Morgan fingerprint density at radius 1 is 1.35 bits per heavy atom. The first kappa shape index (κ1) is 18.5. The van der Waals surface area contributed by atoms with Crippen molar-refractivity contribution in [1.82, 2.24) is 4.90 Å². The Balaban J connectivity index is 2.02. The van der Waals surface area contributed by atoms with Crippen LogP contribution in [0.25, 0.3) is 0 Å². The summed E-state index contributed by atoms with van der Waals surface area (Å²) < 4.78 is 10.3. The Morgan fingerprint density at radius 3 is 2.65 bits per heavy atom. The number of likely N-dealkylation sites (tertiary alicyclic amines) is 1. The van der Waals surface area contributed by atoms with Gasteiger partial charge in [-0.2, -0.15) is 0 Å². The highest BCUT2D eigenvalue weighted by atomic mass is 35.5. The summed E-state index contributed by atoms with van der Waals surface area (Å²) in [6.45, 7) is 5.23. The van der Waals surface area contributed by atoms with E-state index in [2.05, 4.69) is 5.32 Å². The average molecular weight is 381 g/mol. The number of fused-ring (bicyclic) bond motifs is 2. The molecule has 0 aliphatic carbocycles. The first-order chi connectivity index (χ1) is 12.1. The van der Waals surface area contributed by atoms with Gasteiger partial charge in [-0.25, -0.2) is 9.59 Å². The Kier molecular flexibility index (Phi) is 4.38. The summed E-state index contributed by atoms with van der Waals surface area (Å²) in [6.07, 6.45) is -0.550. The predicted octanol–water partition coefficient (Wildman–Crippen LogP) is 2.71. The fourth-order valence-electron chi connectivity index (χ4n) is 3.51. The molecule has 7 nitrogen and oxygen atoms in total. The first-order valence-electron chi connectivity index (χ1n) is 8.26. The molecule has 1 spiro atoms. The SMILES string of the molecule is COC(=O)C1C[C@@]2(CN1C(=O)OC(C)(C)C)C(=O)Nc1ccc(Cl)cc12. The molecular weight excluding hydrogens is 360 g/mol. The van der Waals surface area contributed by atoms with Gasteiger partial charge in [0.05, 0.1) is 12.5 Å². The van der Waals surface area contributed by atoms with Crippen LogP contribution in [0.5, 0.6) is 0 Å². The zero-order valence-corrected chi connectivity index (χ0v) is 15.8. The molecule has 2 amide bonds. The van der Waals surface area contributed by atoms with E-state index in [-0.39, 0.29) is 18.9 Å². The normalized spacial score (nSPS) is 24.4. The van der Waals surface area contributed by atoms with E-state index in [0.29, 0.717) is 16.3 Å². The molecule has 26 heavy (non-hydrogen) atoms. The number of nitrogens with zero attached hydrogens (tertiary/aromatic N) is 1. The highest BCUT2D eigenvalue weighted by molar-refractivity contribution is 6.31. The Labute approximate surface area is 156 Å². The van der Waals surface area contributed by atoms with E-state index in [4.69, 9.17) is 21.1 Å². The van der Waals surface area contributed by atoms with Crippen LogP contribution in [0.4, 0.5) is 10.5 Å². The molecule has 0 saturated carbocycles. The maximum atomic E-state index is 12.8. The van der Waals surface area contributed by atoms with Crippen LogP contribution in [0.3, 0.4) is 0 Å². The van der Waals surface area contributed by atoms with Crippen LogP contribution in [0, 0.1) is 0 Å². The molecule has 2 heterocycles. The summed E-state index contributed by atoms with van der Waals surface area (Å²) in [4.78, 5) is 39.0. The predicted molar refractivity (Wildman–Crippen MR) is 95.1 cm³/mol. The van der Waals surface area contributed by atoms with E-state index in [1.165, 1.54) is 12.0 Å². The zero-order chi connectivity index (χ0) is 19.3. The van der Waals surface area contributed by atoms with E-state index < -0.39 is 29.1 Å². The number of amides is 2. The molecule has 1 fully saturated rings. The van der Waals surface area contributed by atoms with Gasteiger partial charge in [-0.1, -0.05) is 11.6 Å². The van der Waals surface area contributed by atoms with Gasteiger partial charge in [-0.15, -0.1) is 0 Å². The molecule has 1 unspecified atom stereocenters. The molecule has 1 N–H and O–H groups in total. The highest BCUT2D eigenvalue weighted by Gasteiger charge is 2.58. The molecule has 8 heteroatoms. The maximum Gasteiger partial charge on any atom is 0.411 e. The van der Waals surface area contributed by atoms with Crippen LogP contribution in [0.1, 0.15) is 32.8 Å². The molecule has 1 saturated heterocycles. The molecule has 2 aliphatic heterocycles. The third kappa shape index (κ3) is 3.00. The monoisotopic (exact) mass is 380 g/mol. The van der Waals surface area contributed by atoms with Gasteiger partial charge in [0, 0.05) is 17.3 Å². The van der Waals surface area contributed by atoms with Crippen LogP contribution in [0.15, 0.2) is 18.2 Å². The summed E-state index contributed by atoms with van der Waals surface area (Å²) in [6, 6.07) is 4.18. The maximum absolute atomic E-state index is 12.8. The number of halogens is 1. The standard InChI is InChI=1S/C18H21ClN2O5/c1-17(2,3)26-16(24)21-9-18(8-13(21)14(22)25-4)11-7-10(19)5-6-12(11)20-15(18)23/h5-7,13H,8-9H2,1-4H3,(H,20,23)/t13?,18-/m0/s1. The third-order valence-corrected chi connectivity index (χ3v) is 4.87. The van der Waals surface area contributed by atoms with Crippen LogP contribution in [-0.2, 0) is 24.5 Å². The molecule has 2 atom stereocenters. The van der Waals surface area contributed by atoms with Gasteiger partial charge in [0.2, 0.25) is 5.91 Å². The van der Waals surface area contributed by atoms with Crippen molar-refractivity contribution in [1.29, 1.82) is 0 Å². The number of ether oxygens (including phenoxy) is 2. The molecule has 0 radical (unpaired) electrons. The van der Waals surface area contributed by atoms with Crippen molar-refractivity contribution in [3.8, 4) is 0 Å². The second-order valence-corrected chi connectivity index (χ2v) is 8.01. The van der Waals surface area contributed by atoms with E-state index in [1.807, 2.05) is 0 Å². The summed E-state index contributed by atoms with van der Waals surface area (Å²) in [7, 11) is 1.25. The van der Waals surface area contributed by atoms with Gasteiger partial charge < -0.3 is 14.8 Å². The summed E-state index contributed by atoms with van der Waals surface area (Å²) in [5.41, 5.74) is -0.480. The van der Waals surface area contributed by atoms with Gasteiger partial charge in [0.25, 0.3) is 0 Å². The highest BCUT2D eigenvalue weighted by Crippen LogP contribution is 2.47.